The van der Waals surface area contributed by atoms with Crippen molar-refractivity contribution >= 4 is 16.3 Å². The minimum Gasteiger partial charge on any atom is -0.316 e. The number of imidazole rings is 1. The SMILES string of the molecule is CC(C)CNCC1(Cc2cn3ccsc3n2)CCC1. The van der Waals surface area contributed by atoms with Gasteiger partial charge in [-0.15, -0.1) is 11.3 Å². The topological polar surface area (TPSA) is 29.3 Å². The van der Waals surface area contributed by atoms with Crippen LogP contribution < -0.4 is 5.32 Å². The second-order valence-electron chi connectivity index (χ2n) is 6.38. The van der Waals surface area contributed by atoms with Gasteiger partial charge in [0.2, 0.25) is 0 Å². The summed E-state index contributed by atoms with van der Waals surface area (Å²) in [5.74, 6) is 0.732. The van der Waals surface area contributed by atoms with Crippen molar-refractivity contribution in [2.75, 3.05) is 13.1 Å². The lowest BCUT2D eigenvalue weighted by Crippen LogP contribution is -2.42. The van der Waals surface area contributed by atoms with Gasteiger partial charge in [0.1, 0.15) is 0 Å². The minimum atomic E-state index is 0.471. The van der Waals surface area contributed by atoms with Crippen LogP contribution in [0.3, 0.4) is 0 Å². The zero-order valence-electron chi connectivity index (χ0n) is 11.9. The fourth-order valence-electron chi connectivity index (χ4n) is 2.96. The molecule has 0 unspecified atom stereocenters. The van der Waals surface area contributed by atoms with E-state index in [2.05, 4.69) is 41.3 Å². The average molecular weight is 277 g/mol. The number of nitrogens with one attached hydrogen (secondary N) is 1. The van der Waals surface area contributed by atoms with Crippen molar-refractivity contribution in [1.29, 1.82) is 0 Å². The molecule has 1 saturated carbocycles. The van der Waals surface area contributed by atoms with E-state index in [1.807, 2.05) is 0 Å². The first-order valence-corrected chi connectivity index (χ1v) is 8.17. The molecule has 2 aromatic heterocycles. The van der Waals surface area contributed by atoms with Crippen molar-refractivity contribution in [1.82, 2.24) is 14.7 Å². The number of fused-ring (bicyclic) bond motifs is 1. The Labute approximate surface area is 119 Å². The highest BCUT2D eigenvalue weighted by Gasteiger charge is 2.37. The minimum absolute atomic E-state index is 0.471. The summed E-state index contributed by atoms with van der Waals surface area (Å²) in [5, 5.41) is 5.74. The summed E-state index contributed by atoms with van der Waals surface area (Å²) in [4.78, 5) is 5.86. The molecule has 0 saturated heterocycles. The fraction of sp³-hybridized carbons (Fsp3) is 0.667. The summed E-state index contributed by atoms with van der Waals surface area (Å²) in [5.41, 5.74) is 1.73. The third-order valence-electron chi connectivity index (χ3n) is 4.17. The Hall–Kier alpha value is -0.870. The van der Waals surface area contributed by atoms with Crippen molar-refractivity contribution in [3.63, 3.8) is 0 Å². The van der Waals surface area contributed by atoms with Crippen LogP contribution in [0.1, 0.15) is 38.8 Å². The summed E-state index contributed by atoms with van der Waals surface area (Å²) >= 11 is 1.72. The van der Waals surface area contributed by atoms with Crippen LogP contribution in [0.15, 0.2) is 17.8 Å². The Kier molecular flexibility index (Phi) is 3.63. The molecule has 0 spiro atoms. The maximum Gasteiger partial charge on any atom is 0.193 e. The van der Waals surface area contributed by atoms with E-state index >= 15 is 0 Å². The molecule has 0 aromatic carbocycles. The first kappa shape index (κ1) is 13.1. The summed E-state index contributed by atoms with van der Waals surface area (Å²) in [6.45, 7) is 6.81. The van der Waals surface area contributed by atoms with E-state index in [1.165, 1.54) is 25.0 Å². The monoisotopic (exact) mass is 277 g/mol. The lowest BCUT2D eigenvalue weighted by atomic mass is 9.66. The molecule has 2 aromatic rings. The van der Waals surface area contributed by atoms with Gasteiger partial charge in [-0.05, 0) is 37.1 Å². The van der Waals surface area contributed by atoms with E-state index in [1.54, 1.807) is 11.3 Å². The number of hydrogen-bond donors (Lipinski definition) is 1. The molecule has 3 nitrogen and oxygen atoms in total. The first-order valence-electron chi connectivity index (χ1n) is 7.29. The molecule has 1 aliphatic carbocycles. The first-order chi connectivity index (χ1) is 9.17. The predicted molar refractivity (Wildman–Crippen MR) is 80.8 cm³/mol. The molecular formula is C15H23N3S. The number of thiazole rings is 1. The zero-order chi connectivity index (χ0) is 13.3. The van der Waals surface area contributed by atoms with Crippen molar-refractivity contribution in [3.8, 4) is 0 Å². The number of nitrogens with zero attached hydrogens (tertiary/aromatic N) is 2. The molecule has 0 radical (unpaired) electrons. The summed E-state index contributed by atoms with van der Waals surface area (Å²) in [7, 11) is 0. The smallest absolute Gasteiger partial charge is 0.193 e. The molecular weight excluding hydrogens is 254 g/mol. The van der Waals surface area contributed by atoms with Crippen LogP contribution in [0.2, 0.25) is 0 Å². The van der Waals surface area contributed by atoms with Crippen molar-refractivity contribution < 1.29 is 0 Å². The number of aromatic nitrogens is 2. The Bertz CT molecular complexity index is 508. The van der Waals surface area contributed by atoms with E-state index in [9.17, 15) is 0 Å². The van der Waals surface area contributed by atoms with Gasteiger partial charge in [-0.25, -0.2) is 4.98 Å². The predicted octanol–water partition coefficient (Wildman–Crippen LogP) is 3.35. The summed E-state index contributed by atoms with van der Waals surface area (Å²) < 4.78 is 2.15. The van der Waals surface area contributed by atoms with Gasteiger partial charge in [-0.1, -0.05) is 20.3 Å². The van der Waals surface area contributed by atoms with Crippen LogP contribution in [-0.2, 0) is 6.42 Å². The van der Waals surface area contributed by atoms with E-state index in [-0.39, 0.29) is 0 Å². The van der Waals surface area contributed by atoms with Crippen LogP contribution in [0.4, 0.5) is 0 Å². The second kappa shape index (κ2) is 5.25. The van der Waals surface area contributed by atoms with Crippen LogP contribution >= 0.6 is 11.3 Å². The van der Waals surface area contributed by atoms with Crippen LogP contribution in [0.25, 0.3) is 4.96 Å². The normalized spacial score (nSPS) is 18.1. The molecule has 0 aliphatic heterocycles. The van der Waals surface area contributed by atoms with Gasteiger partial charge >= 0.3 is 0 Å². The molecule has 104 valence electrons. The quantitative estimate of drug-likeness (QED) is 0.877. The molecule has 3 rings (SSSR count). The molecule has 0 amide bonds. The Balaban J connectivity index is 1.63. The third-order valence-corrected chi connectivity index (χ3v) is 4.94. The average Bonchev–Trinajstić information content (AvgIpc) is 2.85. The van der Waals surface area contributed by atoms with Crippen LogP contribution in [0, 0.1) is 11.3 Å². The van der Waals surface area contributed by atoms with Gasteiger partial charge in [0.15, 0.2) is 4.96 Å². The Morgan fingerprint density at radius 2 is 2.32 bits per heavy atom. The van der Waals surface area contributed by atoms with Gasteiger partial charge in [-0.3, -0.25) is 4.40 Å². The van der Waals surface area contributed by atoms with E-state index in [0.29, 0.717) is 5.41 Å². The maximum atomic E-state index is 4.74. The second-order valence-corrected chi connectivity index (χ2v) is 7.25. The van der Waals surface area contributed by atoms with Gasteiger partial charge in [0.25, 0.3) is 0 Å². The van der Waals surface area contributed by atoms with Gasteiger partial charge in [-0.2, -0.15) is 0 Å². The number of rotatable bonds is 6. The van der Waals surface area contributed by atoms with E-state index in [0.717, 1.165) is 30.4 Å². The van der Waals surface area contributed by atoms with Crippen LogP contribution in [-0.4, -0.2) is 22.5 Å². The van der Waals surface area contributed by atoms with E-state index in [4.69, 9.17) is 4.98 Å². The molecule has 2 heterocycles. The lowest BCUT2D eigenvalue weighted by Gasteiger charge is -2.42. The van der Waals surface area contributed by atoms with Gasteiger partial charge in [0, 0.05) is 24.3 Å². The molecule has 19 heavy (non-hydrogen) atoms. The number of hydrogen-bond acceptors (Lipinski definition) is 3. The highest BCUT2D eigenvalue weighted by Crippen LogP contribution is 2.43. The molecule has 1 aliphatic rings. The zero-order valence-corrected chi connectivity index (χ0v) is 12.7. The maximum absolute atomic E-state index is 4.74. The highest BCUT2D eigenvalue weighted by molar-refractivity contribution is 7.15. The van der Waals surface area contributed by atoms with Gasteiger partial charge < -0.3 is 5.32 Å². The van der Waals surface area contributed by atoms with Gasteiger partial charge in [0.05, 0.1) is 5.69 Å². The third kappa shape index (κ3) is 2.84. The summed E-state index contributed by atoms with van der Waals surface area (Å²) in [6.07, 6.45) is 9.51. The largest absolute Gasteiger partial charge is 0.316 e. The van der Waals surface area contributed by atoms with Crippen LogP contribution in [0.5, 0.6) is 0 Å². The molecule has 0 bridgehead atoms. The summed E-state index contributed by atoms with van der Waals surface area (Å²) in [6, 6.07) is 0. The highest BCUT2D eigenvalue weighted by atomic mass is 32.1. The Morgan fingerprint density at radius 3 is 2.95 bits per heavy atom. The standard InChI is InChI=1S/C15H23N3S/c1-12(2)9-16-11-15(4-3-5-15)8-13-10-18-6-7-19-14(18)17-13/h6-7,10,12,16H,3-5,8-9,11H2,1-2H3. The van der Waals surface area contributed by atoms with Crippen molar-refractivity contribution in [2.45, 2.75) is 39.5 Å². The molecule has 4 heteroatoms. The molecule has 0 atom stereocenters. The molecule has 1 N–H and O–H groups in total. The fourth-order valence-corrected chi connectivity index (χ4v) is 3.68. The van der Waals surface area contributed by atoms with Crippen molar-refractivity contribution in [2.24, 2.45) is 11.3 Å². The van der Waals surface area contributed by atoms with E-state index < -0.39 is 0 Å². The lowest BCUT2D eigenvalue weighted by molar-refractivity contribution is 0.127. The Morgan fingerprint density at radius 1 is 1.47 bits per heavy atom. The van der Waals surface area contributed by atoms with Crippen molar-refractivity contribution in [3.05, 3.63) is 23.5 Å². The molecule has 1 fully saturated rings.